The second-order valence-corrected chi connectivity index (χ2v) is 10.7. The Balaban J connectivity index is 1.71. The minimum Gasteiger partial charge on any atom is -0.497 e. The summed E-state index contributed by atoms with van der Waals surface area (Å²) in [5.41, 5.74) is 3.92. The topological polar surface area (TPSA) is 84.1 Å². The molecule has 174 valence electrons. The van der Waals surface area contributed by atoms with Gasteiger partial charge in [-0.2, -0.15) is 5.26 Å². The molecule has 0 unspecified atom stereocenters. The van der Waals surface area contributed by atoms with Gasteiger partial charge in [-0.15, -0.1) is 0 Å². The van der Waals surface area contributed by atoms with Crippen molar-refractivity contribution in [1.82, 2.24) is 4.57 Å². The molecule has 0 saturated heterocycles. The summed E-state index contributed by atoms with van der Waals surface area (Å²) >= 11 is 0. The van der Waals surface area contributed by atoms with Crippen molar-refractivity contribution in [2.24, 2.45) is 0 Å². The number of ether oxygens (including phenoxy) is 1. The van der Waals surface area contributed by atoms with Gasteiger partial charge < -0.3 is 9.30 Å². The fourth-order valence-electron chi connectivity index (χ4n) is 4.30. The van der Waals surface area contributed by atoms with Gasteiger partial charge in [-0.1, -0.05) is 44.7 Å². The third kappa shape index (κ3) is 5.01. The van der Waals surface area contributed by atoms with E-state index in [9.17, 15) is 13.7 Å². The molecule has 3 aromatic rings. The van der Waals surface area contributed by atoms with Crippen LogP contribution in [0.3, 0.4) is 0 Å². The smallest absolute Gasteiger partial charge is 0.235 e. The molecule has 0 amide bonds. The largest absolute Gasteiger partial charge is 0.497 e. The van der Waals surface area contributed by atoms with Gasteiger partial charge in [-0.3, -0.25) is 4.72 Å². The third-order valence-electron chi connectivity index (χ3n) is 6.25. The van der Waals surface area contributed by atoms with Crippen molar-refractivity contribution in [3.8, 4) is 23.1 Å². The van der Waals surface area contributed by atoms with Crippen LogP contribution in [0.4, 0.5) is 5.69 Å². The first-order chi connectivity index (χ1) is 16.0. The first kappa shape index (κ1) is 23.2. The van der Waals surface area contributed by atoms with Crippen LogP contribution in [-0.2, 0) is 16.6 Å². The lowest BCUT2D eigenvalue weighted by Crippen LogP contribution is -2.17. The number of rotatable bonds is 11. The van der Waals surface area contributed by atoms with E-state index in [1.807, 2.05) is 30.3 Å². The number of benzene rings is 2. The highest BCUT2D eigenvalue weighted by Crippen LogP contribution is 2.36. The van der Waals surface area contributed by atoms with E-state index in [4.69, 9.17) is 4.74 Å². The highest BCUT2D eigenvalue weighted by Gasteiger charge is 2.35. The van der Waals surface area contributed by atoms with Crippen LogP contribution in [0.1, 0.15) is 57.4 Å². The van der Waals surface area contributed by atoms with E-state index in [0.717, 1.165) is 60.1 Å². The molecule has 1 saturated carbocycles. The molecule has 2 aromatic carbocycles. The maximum absolute atomic E-state index is 12.3. The lowest BCUT2D eigenvalue weighted by atomic mass is 10.1. The van der Waals surface area contributed by atoms with Crippen molar-refractivity contribution in [3.63, 3.8) is 0 Å². The zero-order chi connectivity index (χ0) is 23.4. The molecular formula is C26H31N3O3S. The summed E-state index contributed by atoms with van der Waals surface area (Å²) in [6.45, 7) is 3.01. The molecule has 0 spiro atoms. The average molecular weight is 466 g/mol. The Morgan fingerprint density at radius 1 is 1.09 bits per heavy atom. The Labute approximate surface area is 196 Å². The number of hydrogen-bond acceptors (Lipinski definition) is 4. The number of fused-ring (bicyclic) bond motifs is 1. The SMILES string of the molecule is CCCCCCCn1c(-c2ccc(NS(=O)(=O)C3CC3)cc2)c(C#N)c2ccc(OC)cc21. The van der Waals surface area contributed by atoms with E-state index in [1.165, 1.54) is 19.3 Å². The van der Waals surface area contributed by atoms with Crippen molar-refractivity contribution in [2.45, 2.75) is 63.7 Å². The molecule has 1 fully saturated rings. The van der Waals surface area contributed by atoms with Crippen molar-refractivity contribution < 1.29 is 13.2 Å². The standard InChI is InChI=1S/C26H31N3O3S/c1-3-4-5-6-7-16-29-25-17-21(32-2)12-15-23(25)24(18-27)26(29)19-8-10-20(11-9-19)28-33(30,31)22-13-14-22/h8-12,15,17,22,28H,3-7,13-14,16H2,1-2H3. The van der Waals surface area contributed by atoms with Crippen LogP contribution >= 0.6 is 0 Å². The van der Waals surface area contributed by atoms with Crippen molar-refractivity contribution in [1.29, 1.82) is 5.26 Å². The molecular weight excluding hydrogens is 434 g/mol. The van der Waals surface area contributed by atoms with Gasteiger partial charge in [0.25, 0.3) is 0 Å². The van der Waals surface area contributed by atoms with Gasteiger partial charge >= 0.3 is 0 Å². The second-order valence-electron chi connectivity index (χ2n) is 8.71. The summed E-state index contributed by atoms with van der Waals surface area (Å²) in [6.07, 6.45) is 7.24. The fourth-order valence-corrected chi connectivity index (χ4v) is 5.69. The van der Waals surface area contributed by atoms with Gasteiger partial charge in [0.1, 0.15) is 11.8 Å². The number of anilines is 1. The molecule has 1 N–H and O–H groups in total. The molecule has 33 heavy (non-hydrogen) atoms. The summed E-state index contributed by atoms with van der Waals surface area (Å²) in [5, 5.41) is 10.7. The summed E-state index contributed by atoms with van der Waals surface area (Å²) in [5.74, 6) is 0.758. The summed E-state index contributed by atoms with van der Waals surface area (Å²) in [4.78, 5) is 0. The predicted molar refractivity (Wildman–Crippen MR) is 133 cm³/mol. The number of nitrogens with zero attached hydrogens (tertiary/aromatic N) is 2. The van der Waals surface area contributed by atoms with Gasteiger partial charge in [0, 0.05) is 23.7 Å². The van der Waals surface area contributed by atoms with Crippen LogP contribution in [0.5, 0.6) is 5.75 Å². The molecule has 6 nitrogen and oxygen atoms in total. The zero-order valence-corrected chi connectivity index (χ0v) is 20.1. The van der Waals surface area contributed by atoms with Crippen molar-refractivity contribution in [3.05, 3.63) is 48.0 Å². The molecule has 0 atom stereocenters. The van der Waals surface area contributed by atoms with Crippen molar-refractivity contribution in [2.75, 3.05) is 11.8 Å². The molecule has 1 aliphatic rings. The number of methoxy groups -OCH3 is 1. The van der Waals surface area contributed by atoms with Gasteiger partial charge in [-0.25, -0.2) is 8.42 Å². The number of nitriles is 1. The lowest BCUT2D eigenvalue weighted by Gasteiger charge is -2.13. The number of aryl methyl sites for hydroxylation is 1. The average Bonchev–Trinajstić information content (AvgIpc) is 3.63. The van der Waals surface area contributed by atoms with Crippen LogP contribution in [0.2, 0.25) is 0 Å². The molecule has 0 radical (unpaired) electrons. The van der Waals surface area contributed by atoms with E-state index < -0.39 is 10.0 Å². The Kier molecular flexibility index (Phi) is 6.94. The van der Waals surface area contributed by atoms with Crippen LogP contribution in [-0.4, -0.2) is 25.3 Å². The van der Waals surface area contributed by atoms with Gasteiger partial charge in [0.15, 0.2) is 0 Å². The lowest BCUT2D eigenvalue weighted by molar-refractivity contribution is 0.415. The van der Waals surface area contributed by atoms with Crippen LogP contribution in [0.25, 0.3) is 22.2 Å². The van der Waals surface area contributed by atoms with Gasteiger partial charge in [-0.05, 0) is 49.1 Å². The highest BCUT2D eigenvalue weighted by atomic mass is 32.2. The minimum absolute atomic E-state index is 0.271. The molecule has 0 bridgehead atoms. The summed E-state index contributed by atoms with van der Waals surface area (Å²) in [6, 6.07) is 15.6. The first-order valence-electron chi connectivity index (χ1n) is 11.7. The first-order valence-corrected chi connectivity index (χ1v) is 13.3. The zero-order valence-electron chi connectivity index (χ0n) is 19.3. The molecule has 7 heteroatoms. The molecule has 1 aliphatic carbocycles. The number of nitrogens with one attached hydrogen (secondary N) is 1. The van der Waals surface area contributed by atoms with Crippen molar-refractivity contribution >= 4 is 26.6 Å². The Morgan fingerprint density at radius 3 is 2.45 bits per heavy atom. The minimum atomic E-state index is -3.31. The van der Waals surface area contributed by atoms with Crippen LogP contribution in [0, 0.1) is 11.3 Å². The molecule has 1 heterocycles. The Hall–Kier alpha value is -2.98. The van der Waals surface area contributed by atoms with Crippen LogP contribution < -0.4 is 9.46 Å². The van der Waals surface area contributed by atoms with E-state index >= 15 is 0 Å². The molecule has 0 aliphatic heterocycles. The second kappa shape index (κ2) is 9.88. The van der Waals surface area contributed by atoms with E-state index in [-0.39, 0.29) is 5.25 Å². The van der Waals surface area contributed by atoms with E-state index in [1.54, 1.807) is 19.2 Å². The number of aromatic nitrogens is 1. The Morgan fingerprint density at radius 2 is 1.82 bits per heavy atom. The molecule has 1 aromatic heterocycles. The monoisotopic (exact) mass is 465 g/mol. The fraction of sp³-hybridized carbons (Fsp3) is 0.423. The highest BCUT2D eigenvalue weighted by molar-refractivity contribution is 7.93. The number of hydrogen-bond donors (Lipinski definition) is 1. The summed E-state index contributed by atoms with van der Waals surface area (Å²) < 4.78 is 34.9. The normalized spacial score (nSPS) is 13.7. The molecule has 4 rings (SSSR count). The maximum Gasteiger partial charge on any atom is 0.235 e. The Bertz CT molecular complexity index is 1270. The number of sulfonamides is 1. The third-order valence-corrected chi connectivity index (χ3v) is 8.12. The van der Waals surface area contributed by atoms with Gasteiger partial charge in [0.05, 0.1) is 29.1 Å². The van der Waals surface area contributed by atoms with E-state index in [0.29, 0.717) is 11.3 Å². The quantitative estimate of drug-likeness (QED) is 0.349. The number of unbranched alkanes of at least 4 members (excludes halogenated alkanes) is 4. The van der Waals surface area contributed by atoms with Gasteiger partial charge in [0.2, 0.25) is 10.0 Å². The summed E-state index contributed by atoms with van der Waals surface area (Å²) in [7, 11) is -1.66. The van der Waals surface area contributed by atoms with E-state index in [2.05, 4.69) is 22.3 Å². The predicted octanol–water partition coefficient (Wildman–Crippen LogP) is 6.06. The van der Waals surface area contributed by atoms with Crippen LogP contribution in [0.15, 0.2) is 42.5 Å². The maximum atomic E-state index is 12.3.